The highest BCUT2D eigenvalue weighted by molar-refractivity contribution is 9.10. The summed E-state index contributed by atoms with van der Waals surface area (Å²) in [5.74, 6) is -2.89. The zero-order chi connectivity index (χ0) is 15.8. The van der Waals surface area contributed by atoms with Gasteiger partial charge in [0, 0.05) is 24.5 Å². The van der Waals surface area contributed by atoms with Crippen LogP contribution in [0, 0.1) is 5.92 Å². The van der Waals surface area contributed by atoms with Crippen molar-refractivity contribution in [2.75, 3.05) is 0 Å². The van der Waals surface area contributed by atoms with Gasteiger partial charge in [0.1, 0.15) is 4.60 Å². The van der Waals surface area contributed by atoms with E-state index in [1.165, 1.54) is 0 Å². The van der Waals surface area contributed by atoms with E-state index in [-0.39, 0.29) is 24.7 Å². The van der Waals surface area contributed by atoms with Crippen LogP contribution in [-0.2, 0) is 11.0 Å². The summed E-state index contributed by atoms with van der Waals surface area (Å²) in [5.41, 5.74) is 0.753. The molecule has 2 N–H and O–H groups in total. The van der Waals surface area contributed by atoms with E-state index in [9.17, 15) is 13.0 Å². The van der Waals surface area contributed by atoms with Crippen molar-refractivity contribution in [3.63, 3.8) is 0 Å². The molecule has 118 valence electrons. The van der Waals surface area contributed by atoms with Crippen LogP contribution in [0.5, 0.6) is 0 Å². The molecule has 1 aromatic heterocycles. The van der Waals surface area contributed by atoms with Gasteiger partial charge in [0.2, 0.25) is 5.92 Å². The largest absolute Gasteiger partial charge is 0.251 e. The smallest absolute Gasteiger partial charge is 0.248 e. The summed E-state index contributed by atoms with van der Waals surface area (Å²) in [4.78, 5) is 4.40. The lowest BCUT2D eigenvalue weighted by molar-refractivity contribution is -0.118. The first-order valence-electron chi connectivity index (χ1n) is 6.77. The van der Waals surface area contributed by atoms with E-state index in [1.807, 2.05) is 12.1 Å². The molecule has 0 aromatic carbocycles. The van der Waals surface area contributed by atoms with Gasteiger partial charge in [-0.1, -0.05) is 6.07 Å². The predicted octanol–water partition coefficient (Wildman–Crippen LogP) is 3.76. The minimum Gasteiger partial charge on any atom is -0.251 e. The Morgan fingerprint density at radius 1 is 1.52 bits per heavy atom. The summed E-state index contributed by atoms with van der Waals surface area (Å²) in [7, 11) is -1.52. The van der Waals surface area contributed by atoms with Gasteiger partial charge in [-0.05, 0) is 54.2 Å². The maximum atomic E-state index is 13.2. The highest BCUT2D eigenvalue weighted by Crippen LogP contribution is 2.51. The third-order valence-electron chi connectivity index (χ3n) is 4.06. The fraction of sp³-hybridized carbons (Fsp3) is 0.643. The fourth-order valence-corrected chi connectivity index (χ4v) is 3.45. The summed E-state index contributed by atoms with van der Waals surface area (Å²) in [6.07, 6.45) is 0.193. The molecule has 1 heterocycles. The van der Waals surface area contributed by atoms with Crippen LogP contribution < -0.4 is 5.14 Å². The number of alkyl halides is 2. The Hall–Kier alpha value is -0.400. The van der Waals surface area contributed by atoms with Crippen molar-refractivity contribution in [1.82, 2.24) is 4.98 Å². The van der Waals surface area contributed by atoms with Gasteiger partial charge in [0.15, 0.2) is 0 Å². The van der Waals surface area contributed by atoms with E-state index in [2.05, 4.69) is 20.9 Å². The molecule has 0 amide bonds. The topological polar surface area (TPSA) is 56.0 Å². The first-order valence-corrected chi connectivity index (χ1v) is 8.78. The summed E-state index contributed by atoms with van der Waals surface area (Å²) in [6, 6.07) is 5.46. The second-order valence-corrected chi connectivity index (χ2v) is 8.79. The standard InChI is InChI=1S/C14H19BrF2N2OS/c1-13(2,21(18)20)8-10(9-6-14(16,17)7-9)11-4-3-5-12(15)19-11/h3-5,9-10H,6-8,18H2,1-2H3/t10-,21?/m1/s1. The summed E-state index contributed by atoms with van der Waals surface area (Å²) in [6.45, 7) is 3.59. The van der Waals surface area contributed by atoms with Crippen molar-refractivity contribution in [2.24, 2.45) is 11.1 Å². The van der Waals surface area contributed by atoms with E-state index >= 15 is 0 Å². The van der Waals surface area contributed by atoms with Crippen molar-refractivity contribution >= 4 is 26.9 Å². The van der Waals surface area contributed by atoms with Gasteiger partial charge in [-0.3, -0.25) is 5.14 Å². The van der Waals surface area contributed by atoms with Gasteiger partial charge < -0.3 is 0 Å². The third kappa shape index (κ3) is 4.07. The second kappa shape index (κ2) is 6.01. The SMILES string of the molecule is CC(C)(C[C@@H](c1cccc(Br)n1)C1CC(F)(F)C1)S(N)=O. The van der Waals surface area contributed by atoms with Gasteiger partial charge in [0.25, 0.3) is 0 Å². The minimum atomic E-state index is -2.58. The Morgan fingerprint density at radius 3 is 2.62 bits per heavy atom. The molecule has 1 unspecified atom stereocenters. The zero-order valence-corrected chi connectivity index (χ0v) is 14.4. The number of nitrogens with zero attached hydrogens (tertiary/aromatic N) is 1. The highest BCUT2D eigenvalue weighted by atomic mass is 79.9. The first-order chi connectivity index (χ1) is 9.61. The summed E-state index contributed by atoms with van der Waals surface area (Å²) >= 11 is 3.31. The van der Waals surface area contributed by atoms with Gasteiger partial charge in [-0.2, -0.15) is 0 Å². The van der Waals surface area contributed by atoms with Crippen LogP contribution in [0.25, 0.3) is 0 Å². The molecular weight excluding hydrogens is 362 g/mol. The normalized spacial score (nSPS) is 21.6. The molecule has 0 bridgehead atoms. The Kier molecular flexibility index (Phi) is 4.85. The molecule has 0 spiro atoms. The molecule has 3 nitrogen and oxygen atoms in total. The number of rotatable bonds is 5. The van der Waals surface area contributed by atoms with Crippen molar-refractivity contribution in [1.29, 1.82) is 0 Å². The van der Waals surface area contributed by atoms with Crippen LogP contribution in [0.3, 0.4) is 0 Å². The molecule has 21 heavy (non-hydrogen) atoms. The van der Waals surface area contributed by atoms with Crippen LogP contribution in [-0.4, -0.2) is 19.9 Å². The van der Waals surface area contributed by atoms with Crippen LogP contribution in [0.4, 0.5) is 8.78 Å². The molecule has 0 aliphatic heterocycles. The van der Waals surface area contributed by atoms with Crippen LogP contribution >= 0.6 is 15.9 Å². The van der Waals surface area contributed by atoms with Crippen LogP contribution in [0.1, 0.15) is 44.7 Å². The van der Waals surface area contributed by atoms with E-state index in [4.69, 9.17) is 5.14 Å². The quantitative estimate of drug-likeness (QED) is 0.790. The molecule has 2 rings (SSSR count). The third-order valence-corrected chi connectivity index (χ3v) is 5.76. The molecule has 1 saturated carbocycles. The predicted molar refractivity (Wildman–Crippen MR) is 83.4 cm³/mol. The molecule has 7 heteroatoms. The van der Waals surface area contributed by atoms with E-state index in [0.29, 0.717) is 11.0 Å². The Morgan fingerprint density at radius 2 is 2.14 bits per heavy atom. The lowest BCUT2D eigenvalue weighted by Crippen LogP contribution is -2.42. The van der Waals surface area contributed by atoms with Crippen molar-refractivity contribution in [3.8, 4) is 0 Å². The minimum absolute atomic E-state index is 0.140. The van der Waals surface area contributed by atoms with Gasteiger partial charge >= 0.3 is 0 Å². The van der Waals surface area contributed by atoms with E-state index in [1.54, 1.807) is 19.9 Å². The average Bonchev–Trinajstić information content (AvgIpc) is 2.33. The Bertz CT molecular complexity index is 546. The highest BCUT2D eigenvalue weighted by Gasteiger charge is 2.50. The summed E-state index contributed by atoms with van der Waals surface area (Å²) in [5, 5.41) is 5.53. The average molecular weight is 381 g/mol. The molecule has 1 aromatic rings. The molecule has 1 fully saturated rings. The van der Waals surface area contributed by atoms with Crippen molar-refractivity contribution < 1.29 is 13.0 Å². The molecule has 1 aliphatic carbocycles. The Labute approximate surface area is 134 Å². The number of halogens is 3. The molecule has 2 atom stereocenters. The Balaban J connectivity index is 2.25. The van der Waals surface area contributed by atoms with Gasteiger partial charge in [-0.25, -0.2) is 18.0 Å². The molecule has 0 radical (unpaired) electrons. The van der Waals surface area contributed by atoms with Crippen molar-refractivity contribution in [2.45, 2.75) is 49.7 Å². The lowest BCUT2D eigenvalue weighted by Gasteiger charge is -2.42. The number of hydrogen-bond acceptors (Lipinski definition) is 2. The van der Waals surface area contributed by atoms with Crippen LogP contribution in [0.15, 0.2) is 22.8 Å². The summed E-state index contributed by atoms with van der Waals surface area (Å²) < 4.78 is 38.1. The van der Waals surface area contributed by atoms with Crippen molar-refractivity contribution in [3.05, 3.63) is 28.5 Å². The maximum absolute atomic E-state index is 13.2. The molecule has 0 saturated heterocycles. The fourth-order valence-electron chi connectivity index (χ4n) is 2.75. The van der Waals surface area contributed by atoms with E-state index < -0.39 is 21.7 Å². The maximum Gasteiger partial charge on any atom is 0.248 e. The zero-order valence-electron chi connectivity index (χ0n) is 12.0. The number of pyridine rings is 1. The number of aromatic nitrogens is 1. The van der Waals surface area contributed by atoms with Crippen LogP contribution in [0.2, 0.25) is 0 Å². The van der Waals surface area contributed by atoms with Gasteiger partial charge in [-0.15, -0.1) is 0 Å². The molecule has 1 aliphatic rings. The molecular formula is C14H19BrF2N2OS. The first kappa shape index (κ1) is 17.0. The monoisotopic (exact) mass is 380 g/mol. The van der Waals surface area contributed by atoms with E-state index in [0.717, 1.165) is 5.69 Å². The lowest BCUT2D eigenvalue weighted by atomic mass is 9.69. The number of hydrogen-bond donors (Lipinski definition) is 1. The second-order valence-electron chi connectivity index (χ2n) is 6.28. The number of nitrogens with two attached hydrogens (primary N) is 1. The van der Waals surface area contributed by atoms with Gasteiger partial charge in [0.05, 0.1) is 15.7 Å².